The summed E-state index contributed by atoms with van der Waals surface area (Å²) in [5, 5.41) is 11.7. The van der Waals surface area contributed by atoms with E-state index in [4.69, 9.17) is 8.83 Å². The number of para-hydroxylation sites is 2. The Labute approximate surface area is 322 Å². The lowest BCUT2D eigenvalue weighted by Crippen LogP contribution is -1.92. The van der Waals surface area contributed by atoms with Gasteiger partial charge in [0.15, 0.2) is 0 Å². The van der Waals surface area contributed by atoms with Crippen molar-refractivity contribution >= 4 is 76.2 Å². The van der Waals surface area contributed by atoms with Crippen molar-refractivity contribution in [2.45, 2.75) is 0 Å². The van der Waals surface area contributed by atoms with Gasteiger partial charge in [-0.25, -0.2) is 0 Å². The van der Waals surface area contributed by atoms with Crippen molar-refractivity contribution in [1.82, 2.24) is 0 Å². The molecule has 0 aliphatic heterocycles. The molecule has 56 heavy (non-hydrogen) atoms. The second-order valence-corrected chi connectivity index (χ2v) is 14.7. The fourth-order valence-electron chi connectivity index (χ4n) is 9.14. The predicted octanol–water partition coefficient (Wildman–Crippen LogP) is 15.6. The zero-order valence-electron chi connectivity index (χ0n) is 30.3. The first-order chi connectivity index (χ1) is 27.8. The summed E-state index contributed by atoms with van der Waals surface area (Å²) in [6.45, 7) is 0. The third kappa shape index (κ3) is 4.57. The van der Waals surface area contributed by atoms with Gasteiger partial charge in [-0.1, -0.05) is 164 Å². The van der Waals surface area contributed by atoms with Crippen molar-refractivity contribution in [2.24, 2.45) is 0 Å². The van der Waals surface area contributed by atoms with Crippen molar-refractivity contribution in [3.05, 3.63) is 194 Å². The van der Waals surface area contributed by atoms with Gasteiger partial charge in [-0.05, 0) is 102 Å². The quantitative estimate of drug-likeness (QED) is 0.170. The zero-order valence-corrected chi connectivity index (χ0v) is 30.3. The van der Waals surface area contributed by atoms with Crippen molar-refractivity contribution in [3.8, 4) is 44.5 Å². The number of rotatable bonds is 4. The van der Waals surface area contributed by atoms with E-state index in [2.05, 4.69) is 170 Å². The van der Waals surface area contributed by atoms with E-state index in [-0.39, 0.29) is 0 Å². The SMILES string of the molecule is c1ccc(-c2cc(-c3c4ccccc4c(-c4ccc(-c5cc6c7ccccc7oc6c6c5oc5ccccc56)cc4)c4ccccc34)c3ccccc3c2)cc1. The van der Waals surface area contributed by atoms with Crippen LogP contribution in [-0.4, -0.2) is 0 Å². The van der Waals surface area contributed by atoms with Crippen molar-refractivity contribution in [3.63, 3.8) is 0 Å². The number of benzene rings is 10. The van der Waals surface area contributed by atoms with Crippen LogP contribution < -0.4 is 0 Å². The molecular weight excluding hydrogens is 681 g/mol. The summed E-state index contributed by atoms with van der Waals surface area (Å²) >= 11 is 0. The first-order valence-electron chi connectivity index (χ1n) is 19.2. The molecule has 0 atom stereocenters. The maximum Gasteiger partial charge on any atom is 0.147 e. The smallest absolute Gasteiger partial charge is 0.147 e. The third-order valence-electron chi connectivity index (χ3n) is 11.6. The van der Waals surface area contributed by atoms with Crippen molar-refractivity contribution in [2.75, 3.05) is 0 Å². The molecule has 2 heteroatoms. The molecule has 260 valence electrons. The van der Waals surface area contributed by atoms with Gasteiger partial charge in [-0.15, -0.1) is 0 Å². The Hall–Kier alpha value is -7.42. The van der Waals surface area contributed by atoms with E-state index in [0.29, 0.717) is 0 Å². The Morgan fingerprint density at radius 3 is 1.48 bits per heavy atom. The minimum atomic E-state index is 0.843. The summed E-state index contributed by atoms with van der Waals surface area (Å²) in [5.41, 5.74) is 12.9. The highest BCUT2D eigenvalue weighted by atomic mass is 16.3. The lowest BCUT2D eigenvalue weighted by atomic mass is 9.83. The number of furan rings is 2. The molecule has 0 fully saturated rings. The fourth-order valence-corrected chi connectivity index (χ4v) is 9.14. The van der Waals surface area contributed by atoms with E-state index in [0.717, 1.165) is 55.0 Å². The molecule has 0 amide bonds. The topological polar surface area (TPSA) is 26.3 Å². The summed E-state index contributed by atoms with van der Waals surface area (Å²) in [4.78, 5) is 0. The molecule has 0 aliphatic carbocycles. The number of hydrogen-bond acceptors (Lipinski definition) is 2. The maximum atomic E-state index is 6.63. The van der Waals surface area contributed by atoms with E-state index < -0.39 is 0 Å². The van der Waals surface area contributed by atoms with E-state index in [9.17, 15) is 0 Å². The van der Waals surface area contributed by atoms with E-state index in [1.54, 1.807) is 0 Å². The Kier molecular flexibility index (Phi) is 6.66. The monoisotopic (exact) mass is 712 g/mol. The van der Waals surface area contributed by atoms with Crippen LogP contribution in [0.1, 0.15) is 0 Å². The average Bonchev–Trinajstić information content (AvgIpc) is 3.84. The summed E-state index contributed by atoms with van der Waals surface area (Å²) in [5.74, 6) is 0. The molecule has 0 spiro atoms. The van der Waals surface area contributed by atoms with Crippen LogP contribution in [-0.2, 0) is 0 Å². The van der Waals surface area contributed by atoms with Gasteiger partial charge in [-0.3, -0.25) is 0 Å². The molecule has 2 heterocycles. The highest BCUT2D eigenvalue weighted by Crippen LogP contribution is 2.48. The van der Waals surface area contributed by atoms with Crippen LogP contribution in [0.25, 0.3) is 121 Å². The molecule has 0 saturated heterocycles. The minimum Gasteiger partial charge on any atom is -0.455 e. The average molecular weight is 713 g/mol. The molecule has 0 saturated carbocycles. The summed E-state index contributed by atoms with van der Waals surface area (Å²) in [6, 6.07) is 69.9. The molecule has 0 N–H and O–H groups in total. The predicted molar refractivity (Wildman–Crippen MR) is 235 cm³/mol. The van der Waals surface area contributed by atoms with Gasteiger partial charge in [-0.2, -0.15) is 0 Å². The Bertz CT molecular complexity index is 3450. The van der Waals surface area contributed by atoms with Gasteiger partial charge in [0.05, 0.1) is 5.39 Å². The highest BCUT2D eigenvalue weighted by Gasteiger charge is 2.22. The van der Waals surface area contributed by atoms with Crippen LogP contribution in [0.2, 0.25) is 0 Å². The first kappa shape index (κ1) is 31.0. The molecule has 12 aromatic rings. The molecule has 0 aliphatic rings. The molecular formula is C54H32O2. The highest BCUT2D eigenvalue weighted by molar-refractivity contribution is 6.26. The van der Waals surface area contributed by atoms with Crippen molar-refractivity contribution in [1.29, 1.82) is 0 Å². The second-order valence-electron chi connectivity index (χ2n) is 14.7. The van der Waals surface area contributed by atoms with Gasteiger partial charge >= 0.3 is 0 Å². The Morgan fingerprint density at radius 1 is 0.268 bits per heavy atom. The van der Waals surface area contributed by atoms with Crippen LogP contribution in [0.5, 0.6) is 0 Å². The lowest BCUT2D eigenvalue weighted by molar-refractivity contribution is 0.663. The Balaban J connectivity index is 1.09. The summed E-state index contributed by atoms with van der Waals surface area (Å²) in [7, 11) is 0. The third-order valence-corrected chi connectivity index (χ3v) is 11.6. The number of hydrogen-bond donors (Lipinski definition) is 0. The minimum absolute atomic E-state index is 0.843. The number of fused-ring (bicyclic) bond motifs is 10. The fraction of sp³-hybridized carbons (Fsp3) is 0. The van der Waals surface area contributed by atoms with Crippen LogP contribution in [0.3, 0.4) is 0 Å². The molecule has 0 radical (unpaired) electrons. The van der Waals surface area contributed by atoms with Crippen LogP contribution in [0.15, 0.2) is 203 Å². The molecule has 0 bridgehead atoms. The van der Waals surface area contributed by atoms with Gasteiger partial charge < -0.3 is 8.83 Å². The molecule has 2 aromatic heterocycles. The Morgan fingerprint density at radius 2 is 0.786 bits per heavy atom. The van der Waals surface area contributed by atoms with E-state index in [1.165, 1.54) is 65.7 Å². The summed E-state index contributed by atoms with van der Waals surface area (Å²) < 4.78 is 13.2. The molecule has 2 nitrogen and oxygen atoms in total. The second kappa shape index (κ2) is 12.0. The van der Waals surface area contributed by atoms with Crippen LogP contribution in [0, 0.1) is 0 Å². The van der Waals surface area contributed by atoms with Gasteiger partial charge in [0.1, 0.15) is 22.3 Å². The van der Waals surface area contributed by atoms with Gasteiger partial charge in [0.2, 0.25) is 0 Å². The maximum absolute atomic E-state index is 6.63. The largest absolute Gasteiger partial charge is 0.455 e. The lowest BCUT2D eigenvalue weighted by Gasteiger charge is -2.20. The van der Waals surface area contributed by atoms with Crippen LogP contribution >= 0.6 is 0 Å². The van der Waals surface area contributed by atoms with Crippen molar-refractivity contribution < 1.29 is 8.83 Å². The van der Waals surface area contributed by atoms with E-state index >= 15 is 0 Å². The van der Waals surface area contributed by atoms with Crippen LogP contribution in [0.4, 0.5) is 0 Å². The first-order valence-corrected chi connectivity index (χ1v) is 19.2. The van der Waals surface area contributed by atoms with Gasteiger partial charge in [0, 0.05) is 21.7 Å². The molecule has 0 unspecified atom stereocenters. The van der Waals surface area contributed by atoms with Gasteiger partial charge in [0.25, 0.3) is 0 Å². The zero-order chi connectivity index (χ0) is 36.7. The normalized spacial score (nSPS) is 11.9. The van der Waals surface area contributed by atoms with E-state index in [1.807, 2.05) is 24.3 Å². The molecule has 12 rings (SSSR count). The summed E-state index contributed by atoms with van der Waals surface area (Å²) in [6.07, 6.45) is 0. The standard InChI is InChI=1S/C54H32O2/c1-2-14-33(15-3-1)37-30-36-16-4-5-17-38(36)46(31-37)51-42-21-8-6-19-40(42)50(41-20-7-9-22-43(41)51)35-28-26-34(27-29-35)45-32-47-39-18-10-12-24-48(39)55-54(47)52-44-23-11-13-25-49(44)56-53(45)52/h1-32H. The molecule has 10 aromatic carbocycles.